The number of allylic oxidation sites excluding steroid dienone is 7. The first-order valence-corrected chi connectivity index (χ1v) is 5.21. The summed E-state index contributed by atoms with van der Waals surface area (Å²) in [5.74, 6) is 0. The fraction of sp³-hybridized carbons (Fsp3) is 0.385. The van der Waals surface area contributed by atoms with Crippen molar-refractivity contribution in [1.82, 2.24) is 0 Å². The zero-order valence-electron chi connectivity index (χ0n) is 8.52. The summed E-state index contributed by atoms with van der Waals surface area (Å²) in [5, 5.41) is 8.49. The smallest absolute Gasteiger partial charge is 0.0615 e. The van der Waals surface area contributed by atoms with Crippen LogP contribution in [-0.2, 0) is 0 Å². The molecule has 0 saturated heterocycles. The van der Waals surface area contributed by atoms with Crippen molar-refractivity contribution in [3.63, 3.8) is 0 Å². The van der Waals surface area contributed by atoms with Crippen molar-refractivity contribution in [2.75, 3.05) is 6.61 Å². The standard InChI is InChI=1S/C13H18O/c14-12-8-3-1-2-5-9-13-10-6-4-7-11-13/h1-3,6,8,10-11,14H,4-5,7,9,12H2/b2-1+,8-3+. The van der Waals surface area contributed by atoms with Gasteiger partial charge < -0.3 is 5.11 Å². The third-order valence-electron chi connectivity index (χ3n) is 2.16. The van der Waals surface area contributed by atoms with E-state index in [2.05, 4.69) is 24.3 Å². The van der Waals surface area contributed by atoms with Gasteiger partial charge in [0.25, 0.3) is 0 Å². The molecule has 1 rings (SSSR count). The third-order valence-corrected chi connectivity index (χ3v) is 2.16. The maximum Gasteiger partial charge on any atom is 0.0615 e. The van der Waals surface area contributed by atoms with Crippen LogP contribution in [0.15, 0.2) is 48.1 Å². The molecular weight excluding hydrogens is 172 g/mol. The van der Waals surface area contributed by atoms with Crippen molar-refractivity contribution in [1.29, 1.82) is 0 Å². The van der Waals surface area contributed by atoms with Gasteiger partial charge in [0.1, 0.15) is 0 Å². The Hall–Kier alpha value is -1.08. The lowest BCUT2D eigenvalue weighted by Gasteiger charge is -2.03. The molecule has 14 heavy (non-hydrogen) atoms. The molecule has 76 valence electrons. The molecule has 0 atom stereocenters. The summed E-state index contributed by atoms with van der Waals surface area (Å²) in [7, 11) is 0. The van der Waals surface area contributed by atoms with Crippen LogP contribution in [0, 0.1) is 0 Å². The molecule has 0 radical (unpaired) electrons. The molecule has 1 nitrogen and oxygen atoms in total. The van der Waals surface area contributed by atoms with Gasteiger partial charge in [-0.2, -0.15) is 0 Å². The normalized spacial score (nSPS) is 16.8. The van der Waals surface area contributed by atoms with Crippen LogP contribution in [0.5, 0.6) is 0 Å². The minimum Gasteiger partial charge on any atom is -0.392 e. The predicted molar refractivity (Wildman–Crippen MR) is 61.1 cm³/mol. The molecule has 0 fully saturated rings. The highest BCUT2D eigenvalue weighted by Crippen LogP contribution is 2.14. The van der Waals surface area contributed by atoms with E-state index in [-0.39, 0.29) is 6.61 Å². The largest absolute Gasteiger partial charge is 0.392 e. The minimum absolute atomic E-state index is 0.123. The van der Waals surface area contributed by atoms with Crippen LogP contribution in [-0.4, -0.2) is 11.7 Å². The summed E-state index contributed by atoms with van der Waals surface area (Å²) in [6.07, 6.45) is 19.1. The van der Waals surface area contributed by atoms with Crippen molar-refractivity contribution in [2.24, 2.45) is 0 Å². The van der Waals surface area contributed by atoms with Gasteiger partial charge in [-0.05, 0) is 25.7 Å². The maximum absolute atomic E-state index is 8.49. The molecule has 1 aliphatic carbocycles. The van der Waals surface area contributed by atoms with Crippen molar-refractivity contribution in [3.05, 3.63) is 48.1 Å². The molecule has 0 aromatic heterocycles. The predicted octanol–water partition coefficient (Wildman–Crippen LogP) is 3.15. The van der Waals surface area contributed by atoms with Gasteiger partial charge in [-0.25, -0.2) is 0 Å². The number of aliphatic hydroxyl groups excluding tert-OH is 1. The quantitative estimate of drug-likeness (QED) is 0.660. The number of rotatable bonds is 5. The fourth-order valence-corrected chi connectivity index (χ4v) is 1.42. The van der Waals surface area contributed by atoms with Crippen LogP contribution in [0.2, 0.25) is 0 Å². The lowest BCUT2D eigenvalue weighted by atomic mass is 10.0. The van der Waals surface area contributed by atoms with Crippen LogP contribution >= 0.6 is 0 Å². The highest BCUT2D eigenvalue weighted by Gasteiger charge is 1.94. The Labute approximate surface area is 86.1 Å². The number of hydrogen-bond donors (Lipinski definition) is 1. The van der Waals surface area contributed by atoms with E-state index in [0.717, 1.165) is 12.8 Å². The molecule has 1 heteroatoms. The molecule has 0 unspecified atom stereocenters. The average molecular weight is 190 g/mol. The van der Waals surface area contributed by atoms with Gasteiger partial charge in [0, 0.05) is 0 Å². The topological polar surface area (TPSA) is 20.2 Å². The molecule has 0 heterocycles. The number of aliphatic hydroxyl groups is 1. The van der Waals surface area contributed by atoms with Gasteiger partial charge in [0.05, 0.1) is 6.61 Å². The van der Waals surface area contributed by atoms with Crippen LogP contribution in [0.25, 0.3) is 0 Å². The zero-order valence-corrected chi connectivity index (χ0v) is 8.52. The molecule has 0 bridgehead atoms. The molecule has 1 N–H and O–H groups in total. The Morgan fingerprint density at radius 3 is 2.79 bits per heavy atom. The Balaban J connectivity index is 2.14. The van der Waals surface area contributed by atoms with E-state index in [4.69, 9.17) is 5.11 Å². The second-order valence-corrected chi connectivity index (χ2v) is 3.34. The zero-order chi connectivity index (χ0) is 10.1. The SMILES string of the molecule is OC/C=C/C=C/CCC1=CCCC=C1. The van der Waals surface area contributed by atoms with Gasteiger partial charge in [-0.1, -0.05) is 48.1 Å². The molecule has 0 aliphatic heterocycles. The minimum atomic E-state index is 0.123. The van der Waals surface area contributed by atoms with E-state index < -0.39 is 0 Å². The highest BCUT2D eigenvalue weighted by atomic mass is 16.2. The van der Waals surface area contributed by atoms with Gasteiger partial charge in [0.15, 0.2) is 0 Å². The molecule has 0 amide bonds. The highest BCUT2D eigenvalue weighted by molar-refractivity contribution is 5.22. The van der Waals surface area contributed by atoms with Gasteiger partial charge in [-0.3, -0.25) is 0 Å². The summed E-state index contributed by atoms with van der Waals surface area (Å²) in [6.45, 7) is 0.123. The maximum atomic E-state index is 8.49. The van der Waals surface area contributed by atoms with E-state index in [1.807, 2.05) is 12.2 Å². The first-order valence-electron chi connectivity index (χ1n) is 5.21. The second kappa shape index (κ2) is 7.34. The summed E-state index contributed by atoms with van der Waals surface area (Å²) in [5.41, 5.74) is 1.45. The molecule has 0 spiro atoms. The summed E-state index contributed by atoms with van der Waals surface area (Å²) in [6, 6.07) is 0. The Morgan fingerprint density at radius 1 is 1.21 bits per heavy atom. The van der Waals surface area contributed by atoms with Crippen LogP contribution in [0.3, 0.4) is 0 Å². The van der Waals surface area contributed by atoms with Crippen molar-refractivity contribution >= 4 is 0 Å². The second-order valence-electron chi connectivity index (χ2n) is 3.34. The van der Waals surface area contributed by atoms with E-state index in [1.165, 1.54) is 18.4 Å². The van der Waals surface area contributed by atoms with E-state index in [9.17, 15) is 0 Å². The van der Waals surface area contributed by atoms with Crippen molar-refractivity contribution < 1.29 is 5.11 Å². The van der Waals surface area contributed by atoms with Gasteiger partial charge in [-0.15, -0.1) is 0 Å². The Kier molecular flexibility index (Phi) is 5.76. The molecule has 0 saturated carbocycles. The first-order chi connectivity index (χ1) is 6.93. The number of hydrogen-bond acceptors (Lipinski definition) is 1. The Morgan fingerprint density at radius 2 is 2.07 bits per heavy atom. The van der Waals surface area contributed by atoms with Crippen LogP contribution in [0.4, 0.5) is 0 Å². The fourth-order valence-electron chi connectivity index (χ4n) is 1.42. The van der Waals surface area contributed by atoms with E-state index >= 15 is 0 Å². The van der Waals surface area contributed by atoms with E-state index in [1.54, 1.807) is 6.08 Å². The monoisotopic (exact) mass is 190 g/mol. The molecular formula is C13H18O. The van der Waals surface area contributed by atoms with Gasteiger partial charge in [0.2, 0.25) is 0 Å². The van der Waals surface area contributed by atoms with E-state index in [0.29, 0.717) is 0 Å². The van der Waals surface area contributed by atoms with Crippen LogP contribution < -0.4 is 0 Å². The average Bonchev–Trinajstić information content (AvgIpc) is 2.25. The van der Waals surface area contributed by atoms with Crippen LogP contribution in [0.1, 0.15) is 25.7 Å². The Bertz CT molecular complexity index is 256. The molecule has 0 aromatic carbocycles. The molecule has 1 aliphatic rings. The lowest BCUT2D eigenvalue weighted by Crippen LogP contribution is -1.83. The summed E-state index contributed by atoms with van der Waals surface area (Å²) in [4.78, 5) is 0. The van der Waals surface area contributed by atoms with Crippen molar-refractivity contribution in [2.45, 2.75) is 25.7 Å². The summed E-state index contributed by atoms with van der Waals surface area (Å²) >= 11 is 0. The third kappa shape index (κ3) is 4.83. The van der Waals surface area contributed by atoms with Gasteiger partial charge >= 0.3 is 0 Å². The molecule has 0 aromatic rings. The lowest BCUT2D eigenvalue weighted by molar-refractivity contribution is 0.343. The van der Waals surface area contributed by atoms with Crippen molar-refractivity contribution in [3.8, 4) is 0 Å². The first kappa shape index (κ1) is 11.0. The summed E-state index contributed by atoms with van der Waals surface area (Å²) < 4.78 is 0.